The molecule has 0 spiro atoms. The molecule has 0 radical (unpaired) electrons. The lowest BCUT2D eigenvalue weighted by molar-refractivity contribution is 0.0506. The zero-order valence-corrected chi connectivity index (χ0v) is 12.8. The Balaban J connectivity index is 1.89. The van der Waals surface area contributed by atoms with Crippen LogP contribution >= 0.6 is 0 Å². The highest BCUT2D eigenvalue weighted by atomic mass is 32.2. The number of nitrogens with one attached hydrogen (secondary N) is 1. The minimum absolute atomic E-state index is 0.363. The molecule has 2 atom stereocenters. The third-order valence-electron chi connectivity index (χ3n) is 4.41. The van der Waals surface area contributed by atoms with Crippen LogP contribution in [-0.2, 0) is 14.6 Å². The van der Waals surface area contributed by atoms with Gasteiger partial charge in [-0.2, -0.15) is 0 Å². The predicted octanol–water partition coefficient (Wildman–Crippen LogP) is 1.61. The molecule has 0 saturated carbocycles. The van der Waals surface area contributed by atoms with Gasteiger partial charge in [0.2, 0.25) is 0 Å². The average Bonchev–Trinajstić information content (AvgIpc) is 2.75. The first-order chi connectivity index (χ1) is 9.11. The maximum atomic E-state index is 11.6. The first-order valence-electron chi connectivity index (χ1n) is 7.62. The van der Waals surface area contributed by atoms with Crippen LogP contribution in [0.25, 0.3) is 0 Å². The third kappa shape index (κ3) is 4.72. The van der Waals surface area contributed by atoms with Crippen molar-refractivity contribution in [1.29, 1.82) is 0 Å². The van der Waals surface area contributed by atoms with Gasteiger partial charge in [-0.25, -0.2) is 8.42 Å². The second-order valence-electron chi connectivity index (χ2n) is 6.02. The van der Waals surface area contributed by atoms with Crippen molar-refractivity contribution in [1.82, 2.24) is 5.32 Å². The van der Waals surface area contributed by atoms with Crippen molar-refractivity contribution in [3.63, 3.8) is 0 Å². The van der Waals surface area contributed by atoms with Gasteiger partial charge >= 0.3 is 0 Å². The molecule has 2 heterocycles. The smallest absolute Gasteiger partial charge is 0.150 e. The number of hydrogen-bond acceptors (Lipinski definition) is 4. The lowest BCUT2D eigenvalue weighted by Gasteiger charge is -2.32. The molecule has 1 N–H and O–H groups in total. The lowest BCUT2D eigenvalue weighted by atomic mass is 9.85. The summed E-state index contributed by atoms with van der Waals surface area (Å²) in [5.74, 6) is 1.82. The lowest BCUT2D eigenvalue weighted by Crippen LogP contribution is -2.41. The van der Waals surface area contributed by atoms with E-state index in [1.807, 2.05) is 0 Å². The van der Waals surface area contributed by atoms with Crippen LogP contribution in [0.5, 0.6) is 0 Å². The minimum atomic E-state index is -2.74. The van der Waals surface area contributed by atoms with E-state index in [9.17, 15) is 8.42 Å². The molecule has 0 aliphatic carbocycles. The largest absolute Gasteiger partial charge is 0.381 e. The summed E-state index contributed by atoms with van der Waals surface area (Å²) in [5.41, 5.74) is 0. The van der Waals surface area contributed by atoms with Crippen molar-refractivity contribution < 1.29 is 13.2 Å². The maximum Gasteiger partial charge on any atom is 0.150 e. The van der Waals surface area contributed by atoms with Gasteiger partial charge in [0.1, 0.15) is 0 Å². The van der Waals surface area contributed by atoms with E-state index < -0.39 is 9.84 Å². The monoisotopic (exact) mass is 289 g/mol. The van der Waals surface area contributed by atoms with E-state index in [1.54, 1.807) is 0 Å². The zero-order chi connectivity index (χ0) is 13.7. The highest BCUT2D eigenvalue weighted by Crippen LogP contribution is 2.28. The Morgan fingerprint density at radius 1 is 1.26 bits per heavy atom. The Labute approximate surface area is 117 Å². The van der Waals surface area contributed by atoms with Crippen LogP contribution < -0.4 is 5.32 Å². The first-order valence-corrected chi connectivity index (χ1v) is 9.44. The second-order valence-corrected chi connectivity index (χ2v) is 8.24. The standard InChI is InChI=1S/C14H27NO3S/c1-2-6-15-14(13-3-7-18-8-4-13)10-12-5-9-19(16,17)11-12/h12-15H,2-11H2,1H3. The van der Waals surface area contributed by atoms with Gasteiger partial charge in [0.05, 0.1) is 11.5 Å². The summed E-state index contributed by atoms with van der Waals surface area (Å²) >= 11 is 0. The van der Waals surface area contributed by atoms with Gasteiger partial charge in [-0.15, -0.1) is 0 Å². The van der Waals surface area contributed by atoms with Crippen LogP contribution in [-0.4, -0.2) is 45.7 Å². The fraction of sp³-hybridized carbons (Fsp3) is 1.00. The van der Waals surface area contributed by atoms with Crippen LogP contribution in [0, 0.1) is 11.8 Å². The van der Waals surface area contributed by atoms with E-state index in [2.05, 4.69) is 12.2 Å². The van der Waals surface area contributed by atoms with Gasteiger partial charge < -0.3 is 10.1 Å². The molecule has 0 aromatic rings. The predicted molar refractivity (Wildman–Crippen MR) is 77.0 cm³/mol. The SMILES string of the molecule is CCCNC(CC1CCS(=O)(=O)C1)C1CCOCC1. The van der Waals surface area contributed by atoms with E-state index in [0.717, 1.165) is 51.9 Å². The normalized spacial score (nSPS) is 29.4. The van der Waals surface area contributed by atoms with Crippen molar-refractivity contribution in [3.8, 4) is 0 Å². The summed E-state index contributed by atoms with van der Waals surface area (Å²) in [6.07, 6.45) is 5.23. The summed E-state index contributed by atoms with van der Waals surface area (Å²) in [7, 11) is -2.74. The van der Waals surface area contributed by atoms with Crippen LogP contribution in [0.2, 0.25) is 0 Å². The Hall–Kier alpha value is -0.130. The molecule has 0 aromatic carbocycles. The Morgan fingerprint density at radius 3 is 2.58 bits per heavy atom. The van der Waals surface area contributed by atoms with E-state index in [-0.39, 0.29) is 0 Å². The molecule has 4 nitrogen and oxygen atoms in total. The first kappa shape index (κ1) is 15.3. The molecule has 5 heteroatoms. The summed E-state index contributed by atoms with van der Waals surface area (Å²) in [4.78, 5) is 0. The molecule has 2 fully saturated rings. The number of rotatable bonds is 6. The fourth-order valence-corrected chi connectivity index (χ4v) is 5.19. The molecule has 2 aliphatic rings. The van der Waals surface area contributed by atoms with Gasteiger partial charge in [0.25, 0.3) is 0 Å². The van der Waals surface area contributed by atoms with Gasteiger partial charge in [0, 0.05) is 19.3 Å². The van der Waals surface area contributed by atoms with Crippen molar-refractivity contribution in [3.05, 3.63) is 0 Å². The summed E-state index contributed by atoms with van der Waals surface area (Å²) < 4.78 is 28.6. The van der Waals surface area contributed by atoms with Gasteiger partial charge in [-0.3, -0.25) is 0 Å². The van der Waals surface area contributed by atoms with Gasteiger partial charge in [0.15, 0.2) is 9.84 Å². The minimum Gasteiger partial charge on any atom is -0.381 e. The number of ether oxygens (including phenoxy) is 1. The zero-order valence-electron chi connectivity index (χ0n) is 11.9. The Kier molecular flexibility index (Phi) is 5.66. The highest BCUT2D eigenvalue weighted by Gasteiger charge is 2.32. The molecule has 112 valence electrons. The molecule has 2 aliphatic heterocycles. The molecule has 2 saturated heterocycles. The summed E-state index contributed by atoms with van der Waals surface area (Å²) in [5, 5.41) is 3.64. The molecule has 19 heavy (non-hydrogen) atoms. The van der Waals surface area contributed by atoms with Crippen molar-refractivity contribution in [2.24, 2.45) is 11.8 Å². The maximum absolute atomic E-state index is 11.6. The van der Waals surface area contributed by atoms with E-state index in [0.29, 0.717) is 29.4 Å². The van der Waals surface area contributed by atoms with Crippen LogP contribution in [0.4, 0.5) is 0 Å². The van der Waals surface area contributed by atoms with Crippen LogP contribution in [0.1, 0.15) is 39.0 Å². The van der Waals surface area contributed by atoms with Gasteiger partial charge in [-0.1, -0.05) is 6.92 Å². The van der Waals surface area contributed by atoms with Gasteiger partial charge in [-0.05, 0) is 50.5 Å². The highest BCUT2D eigenvalue weighted by molar-refractivity contribution is 7.91. The van der Waals surface area contributed by atoms with Crippen molar-refractivity contribution in [2.45, 2.75) is 45.1 Å². The Morgan fingerprint density at radius 2 is 2.00 bits per heavy atom. The average molecular weight is 289 g/mol. The van der Waals surface area contributed by atoms with Crippen molar-refractivity contribution in [2.75, 3.05) is 31.3 Å². The molecular weight excluding hydrogens is 262 g/mol. The van der Waals surface area contributed by atoms with E-state index in [4.69, 9.17) is 4.74 Å². The van der Waals surface area contributed by atoms with Crippen molar-refractivity contribution >= 4 is 9.84 Å². The molecule has 2 rings (SSSR count). The second kappa shape index (κ2) is 7.04. The van der Waals surface area contributed by atoms with Crippen LogP contribution in [0.15, 0.2) is 0 Å². The number of hydrogen-bond donors (Lipinski definition) is 1. The molecular formula is C14H27NO3S. The summed E-state index contributed by atoms with van der Waals surface area (Å²) in [6, 6.07) is 0.474. The fourth-order valence-electron chi connectivity index (χ4n) is 3.31. The van der Waals surface area contributed by atoms with E-state index >= 15 is 0 Å². The van der Waals surface area contributed by atoms with E-state index in [1.165, 1.54) is 0 Å². The third-order valence-corrected chi connectivity index (χ3v) is 6.24. The molecule has 0 bridgehead atoms. The topological polar surface area (TPSA) is 55.4 Å². The Bertz CT molecular complexity index is 363. The molecule has 2 unspecified atom stereocenters. The van der Waals surface area contributed by atoms with Crippen LogP contribution in [0.3, 0.4) is 0 Å². The summed E-state index contributed by atoms with van der Waals surface area (Å²) in [6.45, 7) is 4.92. The molecule has 0 amide bonds. The number of sulfone groups is 1. The molecule has 0 aromatic heterocycles. The quantitative estimate of drug-likeness (QED) is 0.807.